The van der Waals surface area contributed by atoms with Gasteiger partial charge in [0.2, 0.25) is 26.0 Å². The maximum atomic E-state index is 12.4. The van der Waals surface area contributed by atoms with Crippen molar-refractivity contribution in [3.05, 3.63) is 24.3 Å². The number of benzene rings is 1. The topological polar surface area (TPSA) is 104 Å². The average molecular weight is 375 g/mol. The Morgan fingerprint density at radius 1 is 1.12 bits per heavy atom. The Morgan fingerprint density at radius 2 is 1.67 bits per heavy atom. The molecule has 8 nitrogen and oxygen atoms in total. The summed E-state index contributed by atoms with van der Waals surface area (Å²) < 4.78 is 49.7. The molecule has 1 aromatic carbocycles. The van der Waals surface area contributed by atoms with Crippen LogP contribution in [0.3, 0.4) is 0 Å². The molecule has 0 aliphatic carbocycles. The summed E-state index contributed by atoms with van der Waals surface area (Å²) in [4.78, 5) is 12.0. The fourth-order valence-electron chi connectivity index (χ4n) is 2.31. The van der Waals surface area contributed by atoms with Crippen molar-refractivity contribution < 1.29 is 21.6 Å². The van der Waals surface area contributed by atoms with E-state index in [1.165, 1.54) is 35.6 Å². The van der Waals surface area contributed by atoms with Gasteiger partial charge in [-0.2, -0.15) is 8.61 Å². The highest BCUT2D eigenvalue weighted by Crippen LogP contribution is 2.22. The summed E-state index contributed by atoms with van der Waals surface area (Å²) in [6, 6.07) is 5.84. The molecule has 0 bridgehead atoms. The van der Waals surface area contributed by atoms with E-state index >= 15 is 0 Å². The molecule has 1 N–H and O–H groups in total. The molecule has 1 aromatic rings. The van der Waals surface area contributed by atoms with Crippen LogP contribution in [0.15, 0.2) is 29.2 Å². The van der Waals surface area contributed by atoms with Crippen molar-refractivity contribution in [2.45, 2.75) is 17.7 Å². The molecular formula is C14H21N3O5S2. The van der Waals surface area contributed by atoms with E-state index in [2.05, 4.69) is 5.32 Å². The zero-order valence-corrected chi connectivity index (χ0v) is 15.2. The van der Waals surface area contributed by atoms with Crippen LogP contribution < -0.4 is 5.32 Å². The molecular weight excluding hydrogens is 354 g/mol. The van der Waals surface area contributed by atoms with Crippen molar-refractivity contribution >= 4 is 31.6 Å². The van der Waals surface area contributed by atoms with Gasteiger partial charge in [0.15, 0.2) is 0 Å². The molecule has 1 heterocycles. The first kappa shape index (κ1) is 18.8. The lowest BCUT2D eigenvalue weighted by Crippen LogP contribution is -2.34. The van der Waals surface area contributed by atoms with E-state index in [0.717, 1.165) is 23.4 Å². The van der Waals surface area contributed by atoms with E-state index in [-0.39, 0.29) is 11.4 Å². The molecule has 1 amide bonds. The minimum absolute atomic E-state index is 0.177. The molecule has 1 fully saturated rings. The third kappa shape index (κ3) is 4.53. The minimum Gasteiger partial charge on any atom is -0.325 e. The number of hydrogen-bond donors (Lipinski definition) is 1. The Bertz CT molecular complexity index is 797. The van der Waals surface area contributed by atoms with Crippen molar-refractivity contribution in [2.75, 3.05) is 38.3 Å². The van der Waals surface area contributed by atoms with Gasteiger partial charge in [0.05, 0.1) is 17.7 Å². The van der Waals surface area contributed by atoms with E-state index in [1.54, 1.807) is 0 Å². The number of carbonyl (C=O) groups excluding carboxylic acids is 1. The Hall–Kier alpha value is -1.49. The van der Waals surface area contributed by atoms with Crippen LogP contribution in [0, 0.1) is 0 Å². The van der Waals surface area contributed by atoms with E-state index in [1.807, 2.05) is 0 Å². The molecule has 0 saturated carbocycles. The molecule has 0 unspecified atom stereocenters. The Morgan fingerprint density at radius 3 is 2.17 bits per heavy atom. The van der Waals surface area contributed by atoms with Gasteiger partial charge in [-0.1, -0.05) is 0 Å². The number of anilines is 1. The second kappa shape index (κ2) is 7.18. The van der Waals surface area contributed by atoms with Gasteiger partial charge in [-0.3, -0.25) is 4.79 Å². The molecule has 2 rings (SSSR count). The number of nitrogens with one attached hydrogen (secondary N) is 1. The molecule has 134 valence electrons. The van der Waals surface area contributed by atoms with Gasteiger partial charge in [0.1, 0.15) is 0 Å². The molecule has 10 heteroatoms. The number of nitrogens with zero attached hydrogens (tertiary/aromatic N) is 2. The first-order valence-corrected chi connectivity index (χ1v) is 10.7. The predicted molar refractivity (Wildman–Crippen MR) is 90.5 cm³/mol. The molecule has 0 radical (unpaired) electrons. The molecule has 1 aliphatic heterocycles. The lowest BCUT2D eigenvalue weighted by atomic mass is 10.3. The predicted octanol–water partition coefficient (Wildman–Crippen LogP) is 0.301. The zero-order chi connectivity index (χ0) is 18.0. The van der Waals surface area contributed by atoms with Gasteiger partial charge in [0, 0.05) is 25.8 Å². The van der Waals surface area contributed by atoms with Crippen molar-refractivity contribution in [2.24, 2.45) is 0 Å². The van der Waals surface area contributed by atoms with Gasteiger partial charge >= 0.3 is 0 Å². The smallest absolute Gasteiger partial charge is 0.243 e. The largest absolute Gasteiger partial charge is 0.325 e. The van der Waals surface area contributed by atoms with Crippen LogP contribution >= 0.6 is 0 Å². The third-order valence-electron chi connectivity index (χ3n) is 3.77. The van der Waals surface area contributed by atoms with Crippen molar-refractivity contribution in [1.29, 1.82) is 0 Å². The number of hydrogen-bond acceptors (Lipinski definition) is 5. The number of amides is 1. The Kier molecular flexibility index (Phi) is 5.63. The van der Waals surface area contributed by atoms with Gasteiger partial charge in [0.25, 0.3) is 0 Å². The number of carbonyl (C=O) groups is 1. The Labute approximate surface area is 142 Å². The van der Waals surface area contributed by atoms with Crippen LogP contribution in [0.4, 0.5) is 5.69 Å². The first-order valence-electron chi connectivity index (χ1n) is 7.42. The second-order valence-corrected chi connectivity index (χ2v) is 9.73. The summed E-state index contributed by atoms with van der Waals surface area (Å²) in [6.07, 6.45) is 2.74. The highest BCUT2D eigenvalue weighted by molar-refractivity contribution is 7.89. The van der Waals surface area contributed by atoms with Crippen molar-refractivity contribution in [3.63, 3.8) is 0 Å². The summed E-state index contributed by atoms with van der Waals surface area (Å²) in [7, 11) is -5.62. The number of sulfonamides is 2. The van der Waals surface area contributed by atoms with Crippen LogP contribution in [-0.4, -0.2) is 64.3 Å². The third-order valence-corrected chi connectivity index (χ3v) is 6.95. The molecule has 0 aromatic heterocycles. The van der Waals surface area contributed by atoms with Crippen LogP contribution in [0.5, 0.6) is 0 Å². The van der Waals surface area contributed by atoms with Crippen LogP contribution in [0.25, 0.3) is 0 Å². The van der Waals surface area contributed by atoms with Crippen molar-refractivity contribution in [1.82, 2.24) is 8.61 Å². The fraction of sp³-hybridized carbons (Fsp3) is 0.500. The molecule has 1 saturated heterocycles. The average Bonchev–Trinajstić information content (AvgIpc) is 3.01. The van der Waals surface area contributed by atoms with E-state index < -0.39 is 26.0 Å². The quantitative estimate of drug-likeness (QED) is 0.770. The van der Waals surface area contributed by atoms with Crippen LogP contribution in [0.1, 0.15) is 12.8 Å². The summed E-state index contributed by atoms with van der Waals surface area (Å²) >= 11 is 0. The standard InChI is InChI=1S/C14H21N3O5S2/c1-16(23(2,19)20)11-14(18)15-12-5-7-13(8-6-12)24(21,22)17-9-3-4-10-17/h5-8H,3-4,9-11H2,1-2H3,(H,15,18). The monoisotopic (exact) mass is 375 g/mol. The lowest BCUT2D eigenvalue weighted by molar-refractivity contribution is -0.116. The van der Waals surface area contributed by atoms with Crippen LogP contribution in [0.2, 0.25) is 0 Å². The maximum Gasteiger partial charge on any atom is 0.243 e. The lowest BCUT2D eigenvalue weighted by Gasteiger charge is -2.16. The fourth-order valence-corrected chi connectivity index (χ4v) is 4.18. The van der Waals surface area contributed by atoms with Gasteiger partial charge in [-0.05, 0) is 37.1 Å². The van der Waals surface area contributed by atoms with Gasteiger partial charge < -0.3 is 5.32 Å². The van der Waals surface area contributed by atoms with E-state index in [4.69, 9.17) is 0 Å². The second-order valence-electron chi connectivity index (χ2n) is 5.70. The zero-order valence-electron chi connectivity index (χ0n) is 13.6. The minimum atomic E-state index is -3.49. The van der Waals surface area contributed by atoms with E-state index in [0.29, 0.717) is 18.8 Å². The van der Waals surface area contributed by atoms with Gasteiger partial charge in [-0.15, -0.1) is 0 Å². The molecule has 0 atom stereocenters. The van der Waals surface area contributed by atoms with Crippen LogP contribution in [-0.2, 0) is 24.8 Å². The Balaban J connectivity index is 2.03. The summed E-state index contributed by atoms with van der Waals surface area (Å²) in [5.41, 5.74) is 0.405. The summed E-state index contributed by atoms with van der Waals surface area (Å²) in [5.74, 6) is -0.502. The number of likely N-dealkylation sites (N-methyl/N-ethyl adjacent to an activating group) is 1. The normalized spacial score (nSPS) is 16.5. The number of rotatable bonds is 6. The SMILES string of the molecule is CN(CC(=O)Nc1ccc(S(=O)(=O)N2CCCC2)cc1)S(C)(=O)=O. The molecule has 1 aliphatic rings. The molecule has 24 heavy (non-hydrogen) atoms. The highest BCUT2D eigenvalue weighted by Gasteiger charge is 2.27. The first-order chi connectivity index (χ1) is 11.1. The molecule has 0 spiro atoms. The summed E-state index contributed by atoms with van der Waals surface area (Å²) in [5, 5.41) is 2.54. The summed E-state index contributed by atoms with van der Waals surface area (Å²) in [6.45, 7) is 0.740. The maximum absolute atomic E-state index is 12.4. The van der Waals surface area contributed by atoms with E-state index in [9.17, 15) is 21.6 Å². The van der Waals surface area contributed by atoms with Gasteiger partial charge in [-0.25, -0.2) is 16.8 Å². The van der Waals surface area contributed by atoms with Crippen molar-refractivity contribution in [3.8, 4) is 0 Å². The highest BCUT2D eigenvalue weighted by atomic mass is 32.2.